The quantitative estimate of drug-likeness (QED) is 0.834. The van der Waals surface area contributed by atoms with Crippen molar-refractivity contribution >= 4 is 0 Å². The van der Waals surface area contributed by atoms with E-state index in [1.807, 2.05) is 18.2 Å². The van der Waals surface area contributed by atoms with Crippen molar-refractivity contribution in [3.05, 3.63) is 29.3 Å². The normalized spacial score (nSPS) is 25.1. The molecule has 1 fully saturated rings. The van der Waals surface area contributed by atoms with E-state index in [9.17, 15) is 5.11 Å². The second-order valence-electron chi connectivity index (χ2n) is 4.39. The minimum atomic E-state index is -0.624. The third kappa shape index (κ3) is 2.16. The lowest BCUT2D eigenvalue weighted by molar-refractivity contribution is -0.133. The summed E-state index contributed by atoms with van der Waals surface area (Å²) in [4.78, 5) is 0. The predicted molar refractivity (Wildman–Crippen MR) is 61.2 cm³/mol. The van der Waals surface area contributed by atoms with Crippen molar-refractivity contribution in [1.29, 1.82) is 0 Å². The Balaban J connectivity index is 1.78. The Morgan fingerprint density at radius 3 is 3.00 bits per heavy atom. The molecule has 2 heterocycles. The number of ether oxygens (including phenoxy) is 3. The molecule has 1 aromatic rings. The molecule has 1 N–H and O–H groups in total. The molecular weight excluding hydrogens is 220 g/mol. The van der Waals surface area contributed by atoms with E-state index in [1.165, 1.54) is 5.56 Å². The van der Waals surface area contributed by atoms with Crippen molar-refractivity contribution in [2.45, 2.75) is 18.6 Å². The largest absolute Gasteiger partial charge is 0.493 e. The van der Waals surface area contributed by atoms with Crippen LogP contribution >= 0.6 is 0 Å². The third-order valence-corrected chi connectivity index (χ3v) is 3.25. The van der Waals surface area contributed by atoms with Gasteiger partial charge >= 0.3 is 0 Å². The molecule has 2 aliphatic rings. The molecule has 1 aromatic carbocycles. The molecule has 0 bridgehead atoms. The van der Waals surface area contributed by atoms with E-state index in [2.05, 4.69) is 0 Å². The van der Waals surface area contributed by atoms with E-state index in [4.69, 9.17) is 14.2 Å². The first kappa shape index (κ1) is 11.0. The van der Waals surface area contributed by atoms with Crippen LogP contribution in [-0.4, -0.2) is 37.6 Å². The van der Waals surface area contributed by atoms with Crippen molar-refractivity contribution < 1.29 is 19.3 Å². The van der Waals surface area contributed by atoms with Gasteiger partial charge in [0, 0.05) is 6.42 Å². The lowest BCUT2D eigenvalue weighted by Crippen LogP contribution is -2.33. The van der Waals surface area contributed by atoms with Crippen LogP contribution < -0.4 is 4.74 Å². The van der Waals surface area contributed by atoms with Crippen LogP contribution in [0, 0.1) is 0 Å². The average molecular weight is 236 g/mol. The minimum absolute atomic E-state index is 0.260. The van der Waals surface area contributed by atoms with Crippen LogP contribution in [0.15, 0.2) is 18.2 Å². The number of benzene rings is 1. The number of hydrogen-bond donors (Lipinski definition) is 1. The highest BCUT2D eigenvalue weighted by molar-refractivity contribution is 5.40. The first-order chi connectivity index (χ1) is 8.34. The van der Waals surface area contributed by atoms with E-state index in [-0.39, 0.29) is 6.10 Å². The van der Waals surface area contributed by atoms with Crippen LogP contribution in [0.4, 0.5) is 0 Å². The van der Waals surface area contributed by atoms with Gasteiger partial charge in [0.25, 0.3) is 0 Å². The molecule has 92 valence electrons. The number of aliphatic hydroxyl groups excluding tert-OH is 1. The first-order valence-electron chi connectivity index (χ1n) is 5.97. The Kier molecular flexibility index (Phi) is 3.01. The molecule has 0 radical (unpaired) electrons. The second kappa shape index (κ2) is 4.64. The highest BCUT2D eigenvalue weighted by atomic mass is 16.6. The van der Waals surface area contributed by atoms with Gasteiger partial charge in [-0.2, -0.15) is 0 Å². The van der Waals surface area contributed by atoms with Crippen LogP contribution in [0.25, 0.3) is 0 Å². The van der Waals surface area contributed by atoms with Crippen molar-refractivity contribution in [3.8, 4) is 5.75 Å². The van der Waals surface area contributed by atoms with Gasteiger partial charge in [0.1, 0.15) is 18.0 Å². The molecule has 0 aliphatic carbocycles. The molecule has 2 atom stereocenters. The molecule has 0 aromatic heterocycles. The van der Waals surface area contributed by atoms with Gasteiger partial charge in [-0.3, -0.25) is 0 Å². The zero-order valence-corrected chi connectivity index (χ0v) is 9.59. The Morgan fingerprint density at radius 2 is 2.18 bits per heavy atom. The highest BCUT2D eigenvalue weighted by Gasteiger charge is 2.25. The maximum Gasteiger partial charge on any atom is 0.122 e. The third-order valence-electron chi connectivity index (χ3n) is 3.25. The minimum Gasteiger partial charge on any atom is -0.493 e. The molecule has 3 rings (SSSR count). The van der Waals surface area contributed by atoms with Crippen molar-refractivity contribution in [2.75, 3.05) is 26.4 Å². The van der Waals surface area contributed by atoms with Gasteiger partial charge < -0.3 is 19.3 Å². The van der Waals surface area contributed by atoms with Crippen molar-refractivity contribution in [2.24, 2.45) is 0 Å². The van der Waals surface area contributed by atoms with Gasteiger partial charge in [0.05, 0.1) is 26.4 Å². The van der Waals surface area contributed by atoms with Gasteiger partial charge in [-0.05, 0) is 23.3 Å². The molecule has 17 heavy (non-hydrogen) atoms. The highest BCUT2D eigenvalue weighted by Crippen LogP contribution is 2.30. The lowest BCUT2D eigenvalue weighted by Gasteiger charge is -2.27. The topological polar surface area (TPSA) is 47.9 Å². The Morgan fingerprint density at radius 1 is 1.24 bits per heavy atom. The molecule has 4 heteroatoms. The fourth-order valence-corrected chi connectivity index (χ4v) is 2.29. The fourth-order valence-electron chi connectivity index (χ4n) is 2.29. The summed E-state index contributed by atoms with van der Waals surface area (Å²) in [6.07, 6.45) is 0.0306. The van der Waals surface area contributed by atoms with Gasteiger partial charge in [-0.25, -0.2) is 0 Å². The van der Waals surface area contributed by atoms with E-state index in [0.29, 0.717) is 19.8 Å². The van der Waals surface area contributed by atoms with Gasteiger partial charge in [-0.1, -0.05) is 6.07 Å². The van der Waals surface area contributed by atoms with Crippen LogP contribution in [-0.2, 0) is 15.9 Å². The molecule has 2 unspecified atom stereocenters. The summed E-state index contributed by atoms with van der Waals surface area (Å²) in [5.74, 6) is 0.932. The number of rotatable bonds is 2. The summed E-state index contributed by atoms with van der Waals surface area (Å²) in [6.45, 7) is 2.35. The molecule has 0 amide bonds. The predicted octanol–water partition coefficient (Wildman–Crippen LogP) is 1.07. The average Bonchev–Trinajstić information content (AvgIpc) is 2.86. The molecular formula is C13H16O4. The summed E-state index contributed by atoms with van der Waals surface area (Å²) in [5.41, 5.74) is 2.04. The first-order valence-corrected chi connectivity index (χ1v) is 5.97. The molecule has 0 saturated carbocycles. The Bertz CT molecular complexity index is 398. The summed E-state index contributed by atoms with van der Waals surface area (Å²) >= 11 is 0. The molecule has 2 aliphatic heterocycles. The number of hydrogen-bond acceptors (Lipinski definition) is 4. The Labute approximate surface area is 100 Å². The number of fused-ring (bicyclic) bond motifs is 1. The maximum atomic E-state index is 10.2. The van der Waals surface area contributed by atoms with Gasteiger partial charge in [0.15, 0.2) is 0 Å². The Hall–Kier alpha value is -1.10. The smallest absolute Gasteiger partial charge is 0.122 e. The summed E-state index contributed by atoms with van der Waals surface area (Å²) in [7, 11) is 0. The van der Waals surface area contributed by atoms with Crippen molar-refractivity contribution in [3.63, 3.8) is 0 Å². The maximum absolute atomic E-state index is 10.2. The van der Waals surface area contributed by atoms with E-state index in [1.54, 1.807) is 0 Å². The second-order valence-corrected chi connectivity index (χ2v) is 4.39. The van der Waals surface area contributed by atoms with Crippen LogP contribution in [0.3, 0.4) is 0 Å². The summed E-state index contributed by atoms with van der Waals surface area (Å²) < 4.78 is 16.3. The zero-order chi connectivity index (χ0) is 11.7. The lowest BCUT2D eigenvalue weighted by atomic mass is 10.0. The fraction of sp³-hybridized carbons (Fsp3) is 0.538. The van der Waals surface area contributed by atoms with Gasteiger partial charge in [-0.15, -0.1) is 0 Å². The van der Waals surface area contributed by atoms with E-state index < -0.39 is 6.10 Å². The summed E-state index contributed by atoms with van der Waals surface area (Å²) in [6, 6.07) is 5.82. The number of aliphatic hydroxyl groups is 1. The summed E-state index contributed by atoms with van der Waals surface area (Å²) in [5, 5.41) is 10.2. The monoisotopic (exact) mass is 236 g/mol. The van der Waals surface area contributed by atoms with Crippen LogP contribution in [0.5, 0.6) is 5.75 Å². The van der Waals surface area contributed by atoms with E-state index in [0.717, 1.165) is 24.3 Å². The molecule has 1 saturated heterocycles. The molecule has 0 spiro atoms. The van der Waals surface area contributed by atoms with E-state index >= 15 is 0 Å². The van der Waals surface area contributed by atoms with Crippen molar-refractivity contribution in [1.82, 2.24) is 0 Å². The zero-order valence-electron chi connectivity index (χ0n) is 9.59. The van der Waals surface area contributed by atoms with Gasteiger partial charge in [0.2, 0.25) is 0 Å². The SMILES string of the molecule is OC(c1ccc2c(c1)CCO2)C1COCCO1. The van der Waals surface area contributed by atoms with Crippen LogP contribution in [0.1, 0.15) is 17.2 Å². The van der Waals surface area contributed by atoms with Crippen LogP contribution in [0.2, 0.25) is 0 Å². The molecule has 4 nitrogen and oxygen atoms in total. The standard InChI is InChI=1S/C13H16O4/c14-13(12-8-15-5-6-17-12)10-1-2-11-9(7-10)3-4-16-11/h1-2,7,12-14H,3-6,8H2.